The Morgan fingerprint density at radius 2 is 1.18 bits per heavy atom. The van der Waals surface area contributed by atoms with Crippen LogP contribution in [0, 0.1) is 0 Å². The molecule has 51 heavy (non-hydrogen) atoms. The smallest absolute Gasteiger partial charge is 0.145 e. The van der Waals surface area contributed by atoms with Gasteiger partial charge in [-0.2, -0.15) is 0 Å². The molecule has 0 amide bonds. The van der Waals surface area contributed by atoms with E-state index in [1.54, 1.807) is 0 Å². The second-order valence-electron chi connectivity index (χ2n) is 14.4. The van der Waals surface area contributed by atoms with E-state index in [-0.39, 0.29) is 5.41 Å². The summed E-state index contributed by atoms with van der Waals surface area (Å²) in [6.45, 7) is 6.83. The van der Waals surface area contributed by atoms with Crippen molar-refractivity contribution in [2.75, 3.05) is 0 Å². The predicted octanol–water partition coefficient (Wildman–Crippen LogP) is 13.1. The number of imidazole rings is 1. The van der Waals surface area contributed by atoms with Gasteiger partial charge in [-0.1, -0.05) is 112 Å². The van der Waals surface area contributed by atoms with E-state index < -0.39 is 0 Å². The fourth-order valence-corrected chi connectivity index (χ4v) is 9.14. The van der Waals surface area contributed by atoms with Crippen molar-refractivity contribution in [1.29, 1.82) is 0 Å². The molecular formula is C47H35N3S. The Hall–Kier alpha value is -5.97. The molecule has 0 radical (unpaired) electrons. The van der Waals surface area contributed by atoms with Crippen LogP contribution >= 0.6 is 11.3 Å². The summed E-state index contributed by atoms with van der Waals surface area (Å²) < 4.78 is 7.41. The van der Waals surface area contributed by atoms with E-state index in [4.69, 9.17) is 4.98 Å². The van der Waals surface area contributed by atoms with Gasteiger partial charge in [0.25, 0.3) is 0 Å². The Morgan fingerprint density at radius 1 is 0.510 bits per heavy atom. The van der Waals surface area contributed by atoms with E-state index in [0.717, 1.165) is 28.3 Å². The normalized spacial score (nSPS) is 12.2. The number of hydrogen-bond donors (Lipinski definition) is 0. The second kappa shape index (κ2) is 11.3. The molecule has 0 saturated carbocycles. The molecule has 3 heterocycles. The van der Waals surface area contributed by atoms with Crippen molar-refractivity contribution >= 4 is 64.3 Å². The van der Waals surface area contributed by atoms with Crippen LogP contribution in [0.15, 0.2) is 158 Å². The lowest BCUT2D eigenvalue weighted by Gasteiger charge is -2.22. The summed E-state index contributed by atoms with van der Waals surface area (Å²) in [6, 6.07) is 57.3. The molecule has 0 N–H and O–H groups in total. The molecule has 0 bridgehead atoms. The van der Waals surface area contributed by atoms with Crippen LogP contribution in [0.3, 0.4) is 0 Å². The maximum atomic E-state index is 5.26. The zero-order valence-corrected chi connectivity index (χ0v) is 29.6. The molecule has 0 aliphatic heterocycles. The van der Waals surface area contributed by atoms with Crippen molar-refractivity contribution in [1.82, 2.24) is 14.1 Å². The molecule has 0 spiro atoms. The number of rotatable bonds is 4. The molecule has 0 saturated heterocycles. The summed E-state index contributed by atoms with van der Waals surface area (Å²) >= 11 is 1.88. The first-order chi connectivity index (χ1) is 24.9. The average Bonchev–Trinajstić information content (AvgIpc) is 3.84. The van der Waals surface area contributed by atoms with Crippen molar-refractivity contribution in [2.45, 2.75) is 26.2 Å². The molecule has 0 atom stereocenters. The fraction of sp³-hybridized carbons (Fsp3) is 0.0851. The van der Waals surface area contributed by atoms with E-state index in [0.29, 0.717) is 0 Å². The zero-order chi connectivity index (χ0) is 34.3. The maximum absolute atomic E-state index is 5.26. The predicted molar refractivity (Wildman–Crippen MR) is 218 cm³/mol. The van der Waals surface area contributed by atoms with Crippen molar-refractivity contribution in [2.24, 2.45) is 0 Å². The van der Waals surface area contributed by atoms with Gasteiger partial charge in [-0.3, -0.25) is 4.57 Å². The molecule has 4 heteroatoms. The van der Waals surface area contributed by atoms with Gasteiger partial charge in [0.15, 0.2) is 0 Å². The molecule has 0 aliphatic rings. The summed E-state index contributed by atoms with van der Waals surface area (Å²) in [5.41, 5.74) is 11.7. The lowest BCUT2D eigenvalue weighted by atomic mass is 9.86. The van der Waals surface area contributed by atoms with Gasteiger partial charge in [-0.05, 0) is 88.8 Å². The van der Waals surface area contributed by atoms with Crippen LogP contribution in [0.1, 0.15) is 26.3 Å². The van der Waals surface area contributed by atoms with Crippen LogP contribution in [0.4, 0.5) is 0 Å². The van der Waals surface area contributed by atoms with Crippen LogP contribution in [-0.2, 0) is 5.41 Å². The lowest BCUT2D eigenvalue weighted by molar-refractivity contribution is 0.594. The highest BCUT2D eigenvalue weighted by atomic mass is 32.1. The highest BCUT2D eigenvalue weighted by Gasteiger charge is 2.24. The fourth-order valence-electron chi connectivity index (χ4n) is 7.91. The minimum absolute atomic E-state index is 0.0337. The van der Waals surface area contributed by atoms with Crippen LogP contribution in [0.25, 0.3) is 86.9 Å². The Bertz CT molecular complexity index is 2930. The van der Waals surface area contributed by atoms with E-state index in [1.165, 1.54) is 64.2 Å². The molecule has 0 aliphatic carbocycles. The van der Waals surface area contributed by atoms with Crippen molar-refractivity contribution in [3.8, 4) is 33.9 Å². The number of thiophene rings is 1. The number of nitrogens with zero attached hydrogens (tertiary/aromatic N) is 3. The third-order valence-corrected chi connectivity index (χ3v) is 11.5. The van der Waals surface area contributed by atoms with Crippen molar-refractivity contribution < 1.29 is 0 Å². The highest BCUT2D eigenvalue weighted by molar-refractivity contribution is 7.26. The molecule has 3 aromatic heterocycles. The molecule has 10 aromatic rings. The summed E-state index contributed by atoms with van der Waals surface area (Å²) in [7, 11) is 0. The van der Waals surface area contributed by atoms with E-state index >= 15 is 0 Å². The van der Waals surface area contributed by atoms with Gasteiger partial charge >= 0.3 is 0 Å². The Balaban J connectivity index is 1.13. The molecule has 0 unspecified atom stereocenters. The number of aromatic nitrogens is 3. The topological polar surface area (TPSA) is 22.8 Å². The molecule has 7 aromatic carbocycles. The van der Waals surface area contributed by atoms with Gasteiger partial charge in [0, 0.05) is 47.9 Å². The first-order valence-corrected chi connectivity index (χ1v) is 18.4. The van der Waals surface area contributed by atoms with Gasteiger partial charge < -0.3 is 4.57 Å². The lowest BCUT2D eigenvalue weighted by Crippen LogP contribution is -2.13. The zero-order valence-electron chi connectivity index (χ0n) is 28.8. The van der Waals surface area contributed by atoms with E-state index in [2.05, 4.69) is 188 Å². The van der Waals surface area contributed by atoms with Crippen molar-refractivity contribution in [3.05, 3.63) is 163 Å². The van der Waals surface area contributed by atoms with Gasteiger partial charge in [-0.25, -0.2) is 4.98 Å². The highest BCUT2D eigenvalue weighted by Crippen LogP contribution is 2.42. The third kappa shape index (κ3) is 4.67. The standard InChI is InChI=1S/C47H35N3S/c1-47(2,3)39-19-12-20-40-44(39)50(32-13-5-4-6-14-32)46(48-40)30-23-26-33(27-24-30)49-41-21-9-7-15-35(41)38-29-31(25-28-42(38)49)34-17-11-18-37-36-16-8-10-22-43(36)51-45(34)37/h4-29H,1-3H3. The minimum Gasteiger partial charge on any atom is -0.309 e. The van der Waals surface area contributed by atoms with Crippen molar-refractivity contribution in [3.63, 3.8) is 0 Å². The van der Waals surface area contributed by atoms with Gasteiger partial charge in [-0.15, -0.1) is 11.3 Å². The van der Waals surface area contributed by atoms with E-state index in [1.807, 2.05) is 11.3 Å². The van der Waals surface area contributed by atoms with Crippen LogP contribution < -0.4 is 0 Å². The van der Waals surface area contributed by atoms with Crippen LogP contribution in [0.5, 0.6) is 0 Å². The minimum atomic E-state index is -0.0337. The molecule has 10 rings (SSSR count). The number of fused-ring (bicyclic) bond motifs is 7. The maximum Gasteiger partial charge on any atom is 0.145 e. The first kappa shape index (κ1) is 29.9. The van der Waals surface area contributed by atoms with Crippen LogP contribution in [0.2, 0.25) is 0 Å². The number of hydrogen-bond acceptors (Lipinski definition) is 2. The average molecular weight is 674 g/mol. The summed E-state index contributed by atoms with van der Waals surface area (Å²) in [5, 5.41) is 5.16. The number of benzene rings is 7. The summed E-state index contributed by atoms with van der Waals surface area (Å²) in [4.78, 5) is 5.26. The second-order valence-corrected chi connectivity index (χ2v) is 15.5. The first-order valence-electron chi connectivity index (χ1n) is 17.6. The van der Waals surface area contributed by atoms with Gasteiger partial charge in [0.2, 0.25) is 0 Å². The Labute approximate surface area is 300 Å². The SMILES string of the molecule is CC(C)(C)c1cccc2nc(-c3ccc(-n4c5ccccc5c5cc(-c6cccc7c6sc6ccccc67)ccc54)cc3)n(-c3ccccc3)c12. The molecule has 3 nitrogen and oxygen atoms in total. The molecule has 244 valence electrons. The molecular weight excluding hydrogens is 639 g/mol. The summed E-state index contributed by atoms with van der Waals surface area (Å²) in [6.07, 6.45) is 0. The van der Waals surface area contributed by atoms with Crippen LogP contribution in [-0.4, -0.2) is 14.1 Å². The molecule has 0 fully saturated rings. The largest absolute Gasteiger partial charge is 0.309 e. The Kier molecular flexibility index (Phi) is 6.61. The monoisotopic (exact) mass is 673 g/mol. The quantitative estimate of drug-likeness (QED) is 0.182. The van der Waals surface area contributed by atoms with Gasteiger partial charge in [0.05, 0.1) is 22.1 Å². The number of para-hydroxylation sites is 3. The third-order valence-electron chi connectivity index (χ3n) is 10.3. The Morgan fingerprint density at radius 3 is 2.00 bits per heavy atom. The van der Waals surface area contributed by atoms with Gasteiger partial charge in [0.1, 0.15) is 5.82 Å². The van der Waals surface area contributed by atoms with E-state index in [9.17, 15) is 0 Å². The summed E-state index contributed by atoms with van der Waals surface area (Å²) in [5.74, 6) is 0.946.